The van der Waals surface area contributed by atoms with Crippen molar-refractivity contribution in [2.45, 2.75) is 25.3 Å². The number of β-lactam (4-membered cyclic amide) rings is 1. The van der Waals surface area contributed by atoms with Gasteiger partial charge in [-0.2, -0.15) is 0 Å². The molecule has 2 unspecified atom stereocenters. The Labute approximate surface area is 136 Å². The number of esters is 1. The topological polar surface area (TPSA) is 119 Å². The van der Waals surface area contributed by atoms with Gasteiger partial charge in [0.1, 0.15) is 12.4 Å². The number of hydrogen-bond acceptors (Lipinski definition) is 7. The number of rotatable bonds is 5. The van der Waals surface area contributed by atoms with E-state index in [9.17, 15) is 19.7 Å². The molecule has 2 saturated heterocycles. The third kappa shape index (κ3) is 2.81. The monoisotopic (exact) mass is 334 g/mol. The van der Waals surface area contributed by atoms with Crippen LogP contribution in [0.5, 0.6) is 0 Å². The van der Waals surface area contributed by atoms with Crippen LogP contribution in [0.15, 0.2) is 36.1 Å². The van der Waals surface area contributed by atoms with E-state index in [1.54, 1.807) is 0 Å². The Morgan fingerprint density at radius 3 is 2.75 bits per heavy atom. The second kappa shape index (κ2) is 6.28. The molecule has 2 fully saturated rings. The second-order valence-corrected chi connectivity index (χ2v) is 5.30. The number of benzene rings is 1. The SMILES string of the molecule is O=C(OCc1ccc([N+](=O)[O-])cc1)C1/C(=C/CO)OC2CC(=O)N21. The lowest BCUT2D eigenvalue weighted by Gasteiger charge is -2.33. The van der Waals surface area contributed by atoms with E-state index < -0.39 is 23.2 Å². The first-order chi connectivity index (χ1) is 11.5. The Bertz CT molecular complexity index is 713. The first-order valence-corrected chi connectivity index (χ1v) is 7.20. The number of nitrogens with zero attached hydrogens (tertiary/aromatic N) is 2. The quantitative estimate of drug-likeness (QED) is 0.360. The summed E-state index contributed by atoms with van der Waals surface area (Å²) in [5.74, 6) is -0.704. The van der Waals surface area contributed by atoms with E-state index in [4.69, 9.17) is 14.6 Å². The summed E-state index contributed by atoms with van der Waals surface area (Å²) >= 11 is 0. The first-order valence-electron chi connectivity index (χ1n) is 7.20. The van der Waals surface area contributed by atoms with Crippen LogP contribution in [0.25, 0.3) is 0 Å². The minimum Gasteiger partial charge on any atom is -0.472 e. The van der Waals surface area contributed by atoms with E-state index in [-0.39, 0.29) is 37.0 Å². The minimum absolute atomic E-state index is 0.0588. The van der Waals surface area contributed by atoms with E-state index >= 15 is 0 Å². The van der Waals surface area contributed by atoms with Gasteiger partial charge in [-0.1, -0.05) is 0 Å². The molecule has 0 spiro atoms. The Balaban J connectivity index is 1.66. The molecule has 0 aromatic heterocycles. The maximum Gasteiger partial charge on any atom is 0.337 e. The molecule has 1 N–H and O–H groups in total. The van der Waals surface area contributed by atoms with Crippen LogP contribution in [-0.4, -0.2) is 45.7 Å². The third-order valence-corrected chi connectivity index (χ3v) is 3.81. The van der Waals surface area contributed by atoms with Gasteiger partial charge in [-0.15, -0.1) is 0 Å². The first kappa shape index (κ1) is 15.9. The van der Waals surface area contributed by atoms with Crippen molar-refractivity contribution in [3.8, 4) is 0 Å². The van der Waals surface area contributed by atoms with Crippen molar-refractivity contribution in [2.24, 2.45) is 0 Å². The minimum atomic E-state index is -0.999. The number of nitro benzene ring substituents is 1. The number of aliphatic hydroxyl groups is 1. The standard InChI is InChI=1S/C15H14N2O7/c18-6-5-11-14(16-12(19)7-13(16)24-11)15(20)23-8-9-1-3-10(4-2-9)17(21)22/h1-5,13-14,18H,6-8H2/b11-5-. The summed E-state index contributed by atoms with van der Waals surface area (Å²) in [5, 5.41) is 19.6. The van der Waals surface area contributed by atoms with Gasteiger partial charge in [-0.25, -0.2) is 4.79 Å². The summed E-state index contributed by atoms with van der Waals surface area (Å²) in [6.45, 7) is -0.414. The lowest BCUT2D eigenvalue weighted by atomic mass is 10.1. The van der Waals surface area contributed by atoms with Crippen molar-refractivity contribution in [2.75, 3.05) is 6.61 Å². The van der Waals surface area contributed by atoms with Crippen LogP contribution in [0.4, 0.5) is 5.69 Å². The number of carbonyl (C=O) groups is 2. The predicted molar refractivity (Wildman–Crippen MR) is 78.2 cm³/mol. The van der Waals surface area contributed by atoms with Crippen LogP contribution in [0, 0.1) is 10.1 Å². The van der Waals surface area contributed by atoms with Gasteiger partial charge < -0.3 is 14.6 Å². The van der Waals surface area contributed by atoms with Crippen molar-refractivity contribution in [1.82, 2.24) is 4.90 Å². The molecule has 1 aromatic carbocycles. The smallest absolute Gasteiger partial charge is 0.337 e. The highest BCUT2D eigenvalue weighted by Crippen LogP contribution is 2.36. The Kier molecular flexibility index (Phi) is 4.17. The van der Waals surface area contributed by atoms with E-state index in [0.29, 0.717) is 5.56 Å². The zero-order valence-corrected chi connectivity index (χ0v) is 12.5. The highest BCUT2D eigenvalue weighted by Gasteiger charge is 2.54. The van der Waals surface area contributed by atoms with Crippen LogP contribution in [0.2, 0.25) is 0 Å². The highest BCUT2D eigenvalue weighted by molar-refractivity contribution is 5.91. The Morgan fingerprint density at radius 1 is 1.46 bits per heavy atom. The van der Waals surface area contributed by atoms with Gasteiger partial charge in [-0.3, -0.25) is 19.8 Å². The number of non-ortho nitro benzene ring substituents is 1. The summed E-state index contributed by atoms with van der Waals surface area (Å²) in [6.07, 6.45) is 1.02. The summed E-state index contributed by atoms with van der Waals surface area (Å²) in [6, 6.07) is 4.60. The van der Waals surface area contributed by atoms with Gasteiger partial charge in [0.25, 0.3) is 5.69 Å². The van der Waals surface area contributed by atoms with Gasteiger partial charge in [0.05, 0.1) is 18.0 Å². The van der Waals surface area contributed by atoms with Crippen molar-refractivity contribution in [3.05, 3.63) is 51.8 Å². The fraction of sp³-hybridized carbons (Fsp3) is 0.333. The van der Waals surface area contributed by atoms with Gasteiger partial charge in [-0.05, 0) is 23.8 Å². The molecular formula is C15H14N2O7. The number of nitro groups is 1. The summed E-state index contributed by atoms with van der Waals surface area (Å²) < 4.78 is 10.6. The normalized spacial score (nSPS) is 23.5. The molecule has 0 radical (unpaired) electrons. The summed E-state index contributed by atoms with van der Waals surface area (Å²) in [7, 11) is 0. The third-order valence-electron chi connectivity index (χ3n) is 3.81. The molecule has 2 aliphatic heterocycles. The molecule has 2 aliphatic rings. The van der Waals surface area contributed by atoms with Crippen molar-refractivity contribution in [3.63, 3.8) is 0 Å². The van der Waals surface area contributed by atoms with Crippen molar-refractivity contribution in [1.29, 1.82) is 0 Å². The van der Waals surface area contributed by atoms with Gasteiger partial charge in [0.2, 0.25) is 5.91 Å². The highest BCUT2D eigenvalue weighted by atomic mass is 16.6. The molecule has 126 valence electrons. The van der Waals surface area contributed by atoms with Crippen molar-refractivity contribution < 1.29 is 29.1 Å². The van der Waals surface area contributed by atoms with Gasteiger partial charge in [0.15, 0.2) is 12.3 Å². The molecule has 2 atom stereocenters. The lowest BCUT2D eigenvalue weighted by Crippen LogP contribution is -2.55. The molecule has 24 heavy (non-hydrogen) atoms. The van der Waals surface area contributed by atoms with Crippen LogP contribution < -0.4 is 0 Å². The zero-order valence-electron chi connectivity index (χ0n) is 12.5. The summed E-state index contributed by atoms with van der Waals surface area (Å²) in [4.78, 5) is 35.3. The molecular weight excluding hydrogens is 320 g/mol. The molecule has 9 heteroatoms. The van der Waals surface area contributed by atoms with Crippen LogP contribution in [0.3, 0.4) is 0 Å². The fourth-order valence-electron chi connectivity index (χ4n) is 2.60. The molecule has 1 aromatic rings. The van der Waals surface area contributed by atoms with Crippen LogP contribution in [0.1, 0.15) is 12.0 Å². The van der Waals surface area contributed by atoms with Gasteiger partial charge in [0, 0.05) is 12.1 Å². The maximum absolute atomic E-state index is 12.3. The Morgan fingerprint density at radius 2 is 2.17 bits per heavy atom. The van der Waals surface area contributed by atoms with E-state index in [1.807, 2.05) is 0 Å². The Hall–Kier alpha value is -2.94. The fourth-order valence-corrected chi connectivity index (χ4v) is 2.60. The zero-order chi connectivity index (χ0) is 17.3. The van der Waals surface area contributed by atoms with Crippen LogP contribution in [-0.2, 0) is 25.7 Å². The molecule has 3 rings (SSSR count). The molecule has 0 saturated carbocycles. The predicted octanol–water partition coefficient (Wildman–Crippen LogP) is 0.471. The molecule has 9 nitrogen and oxygen atoms in total. The number of amides is 1. The average Bonchev–Trinajstić information content (AvgIpc) is 2.85. The number of hydrogen-bond donors (Lipinski definition) is 1. The number of aliphatic hydroxyl groups excluding tert-OH is 1. The maximum atomic E-state index is 12.3. The molecule has 0 aliphatic carbocycles. The average molecular weight is 334 g/mol. The van der Waals surface area contributed by atoms with Crippen molar-refractivity contribution >= 4 is 17.6 Å². The van der Waals surface area contributed by atoms with E-state index in [1.165, 1.54) is 35.2 Å². The van der Waals surface area contributed by atoms with Crippen LogP contribution >= 0.6 is 0 Å². The molecule has 2 heterocycles. The second-order valence-electron chi connectivity index (χ2n) is 5.30. The largest absolute Gasteiger partial charge is 0.472 e. The van der Waals surface area contributed by atoms with E-state index in [0.717, 1.165) is 0 Å². The van der Waals surface area contributed by atoms with Gasteiger partial charge >= 0.3 is 5.97 Å². The number of carbonyl (C=O) groups excluding carboxylic acids is 2. The number of ether oxygens (including phenoxy) is 2. The van der Waals surface area contributed by atoms with E-state index in [2.05, 4.69) is 0 Å². The number of fused-ring (bicyclic) bond motifs is 1. The molecule has 0 bridgehead atoms. The lowest BCUT2D eigenvalue weighted by molar-refractivity contribution is -0.384. The molecule has 1 amide bonds. The summed E-state index contributed by atoms with van der Waals surface area (Å²) in [5.41, 5.74) is 0.517.